The fourth-order valence-corrected chi connectivity index (χ4v) is 4.28. The molecule has 4 rings (SSSR count). The first-order chi connectivity index (χ1) is 15.1. The van der Waals surface area contributed by atoms with Crippen molar-refractivity contribution in [1.29, 1.82) is 5.26 Å². The van der Waals surface area contributed by atoms with Crippen LogP contribution < -0.4 is 5.32 Å². The van der Waals surface area contributed by atoms with E-state index >= 15 is 0 Å². The molecule has 0 aromatic carbocycles. The van der Waals surface area contributed by atoms with Crippen LogP contribution in [0.5, 0.6) is 0 Å². The topological polar surface area (TPSA) is 113 Å². The first kappa shape index (κ1) is 21.3. The van der Waals surface area contributed by atoms with Gasteiger partial charge in [0.2, 0.25) is 5.95 Å². The van der Waals surface area contributed by atoms with Gasteiger partial charge >= 0.3 is 0 Å². The molecule has 2 N–H and O–H groups in total. The molecule has 1 saturated carbocycles. The van der Waals surface area contributed by atoms with Gasteiger partial charge in [-0.3, -0.25) is 4.68 Å². The lowest BCUT2D eigenvalue weighted by Crippen LogP contribution is -2.23. The van der Waals surface area contributed by atoms with Crippen LogP contribution in [0.4, 0.5) is 5.95 Å². The summed E-state index contributed by atoms with van der Waals surface area (Å²) in [6.45, 7) is 3.16. The number of hydrogen-bond acceptors (Lipinski definition) is 7. The summed E-state index contributed by atoms with van der Waals surface area (Å²) in [6.07, 6.45) is 9.33. The Morgan fingerprint density at radius 1 is 1.32 bits per heavy atom. The minimum Gasteiger partial charge on any atom is -0.393 e. The second-order valence-corrected chi connectivity index (χ2v) is 8.27. The molecule has 0 spiro atoms. The minimum absolute atomic E-state index is 0.0872. The first-order valence-corrected chi connectivity index (χ1v) is 10.8. The second kappa shape index (κ2) is 9.45. The van der Waals surface area contributed by atoms with Gasteiger partial charge in [-0.05, 0) is 38.7 Å². The molecule has 31 heavy (non-hydrogen) atoms. The van der Waals surface area contributed by atoms with Gasteiger partial charge in [-0.1, -0.05) is 0 Å². The highest BCUT2D eigenvalue weighted by molar-refractivity contribution is 5.81. The number of hydrogen-bond donors (Lipinski definition) is 2. The number of nitrogens with one attached hydrogen (secondary N) is 1. The number of aromatic nitrogens is 5. The highest BCUT2D eigenvalue weighted by atomic mass is 16.5. The maximum atomic E-state index is 9.95. The minimum atomic E-state index is -0.206. The highest BCUT2D eigenvalue weighted by Gasteiger charge is 2.26. The van der Waals surface area contributed by atoms with Crippen molar-refractivity contribution in [3.05, 3.63) is 30.4 Å². The van der Waals surface area contributed by atoms with E-state index in [4.69, 9.17) is 15.1 Å². The van der Waals surface area contributed by atoms with Crippen LogP contribution in [-0.2, 0) is 11.3 Å². The number of aliphatic hydroxyl groups excluding tert-OH is 1. The zero-order valence-electron chi connectivity index (χ0n) is 18.0. The van der Waals surface area contributed by atoms with Crippen LogP contribution in [0.25, 0.3) is 16.6 Å². The predicted molar refractivity (Wildman–Crippen MR) is 117 cm³/mol. The predicted octanol–water partition coefficient (Wildman–Crippen LogP) is 2.97. The van der Waals surface area contributed by atoms with Gasteiger partial charge in [0.25, 0.3) is 0 Å². The molecule has 0 aliphatic heterocycles. The van der Waals surface area contributed by atoms with Crippen molar-refractivity contribution in [3.63, 3.8) is 0 Å². The Labute approximate surface area is 181 Å². The molecule has 1 aliphatic rings. The maximum Gasteiger partial charge on any atom is 0.241 e. The molecule has 164 valence electrons. The summed E-state index contributed by atoms with van der Waals surface area (Å²) in [7, 11) is 1.67. The van der Waals surface area contributed by atoms with Crippen LogP contribution in [0, 0.1) is 11.3 Å². The number of nitriles is 1. The van der Waals surface area contributed by atoms with Crippen LogP contribution in [0.2, 0.25) is 0 Å². The molecule has 9 nitrogen and oxygen atoms in total. The standard InChI is InChI=1S/C22H29N7O2/c1-15(14-31-2)26-22-24-12-21-19(17-11-25-28(13-17)9-3-8-23)10-20(29(21)27-22)16-4-6-18(30)7-5-16/h10-13,15-16,18,30H,3-7,9,14H2,1-2H3,(H,26,27)/t15-,16?,18?/m0/s1. The number of nitrogens with zero attached hydrogens (tertiary/aromatic N) is 6. The summed E-state index contributed by atoms with van der Waals surface area (Å²) in [5.74, 6) is 0.887. The molecule has 0 amide bonds. The van der Waals surface area contributed by atoms with Crippen LogP contribution in [-0.4, -0.2) is 55.3 Å². The summed E-state index contributed by atoms with van der Waals surface area (Å²) in [5.41, 5.74) is 4.06. The van der Waals surface area contributed by atoms with Gasteiger partial charge in [0.05, 0.1) is 49.7 Å². The average Bonchev–Trinajstić information content (AvgIpc) is 3.37. The van der Waals surface area contributed by atoms with Gasteiger partial charge in [0.1, 0.15) is 0 Å². The molecule has 1 fully saturated rings. The van der Waals surface area contributed by atoms with Crippen LogP contribution in [0.15, 0.2) is 24.7 Å². The molecule has 0 unspecified atom stereocenters. The Morgan fingerprint density at radius 3 is 2.87 bits per heavy atom. The van der Waals surface area contributed by atoms with E-state index in [9.17, 15) is 5.11 Å². The maximum absolute atomic E-state index is 9.95. The third-order valence-electron chi connectivity index (χ3n) is 5.85. The number of ether oxygens (including phenoxy) is 1. The van der Waals surface area contributed by atoms with Crippen molar-refractivity contribution in [1.82, 2.24) is 24.4 Å². The molecule has 9 heteroatoms. The third kappa shape index (κ3) is 4.70. The summed E-state index contributed by atoms with van der Waals surface area (Å²) in [4.78, 5) is 4.53. The number of aliphatic hydroxyl groups is 1. The third-order valence-corrected chi connectivity index (χ3v) is 5.85. The lowest BCUT2D eigenvalue weighted by Gasteiger charge is -2.25. The molecule has 0 saturated heterocycles. The van der Waals surface area contributed by atoms with Crippen molar-refractivity contribution in [2.75, 3.05) is 19.0 Å². The van der Waals surface area contributed by atoms with E-state index < -0.39 is 0 Å². The van der Waals surface area contributed by atoms with Crippen molar-refractivity contribution in [2.45, 2.75) is 63.6 Å². The van der Waals surface area contributed by atoms with E-state index in [0.717, 1.165) is 48.0 Å². The van der Waals surface area contributed by atoms with E-state index in [2.05, 4.69) is 27.5 Å². The molecule has 3 aromatic heterocycles. The number of fused-ring (bicyclic) bond motifs is 1. The molecule has 1 aliphatic carbocycles. The van der Waals surface area contributed by atoms with Gasteiger partial charge in [0.15, 0.2) is 0 Å². The Kier molecular flexibility index (Phi) is 6.49. The van der Waals surface area contributed by atoms with Crippen LogP contribution in [0.3, 0.4) is 0 Å². The van der Waals surface area contributed by atoms with Crippen LogP contribution >= 0.6 is 0 Å². The van der Waals surface area contributed by atoms with Crippen molar-refractivity contribution < 1.29 is 9.84 Å². The van der Waals surface area contributed by atoms with Gasteiger partial charge in [-0.15, -0.1) is 5.10 Å². The van der Waals surface area contributed by atoms with E-state index in [0.29, 0.717) is 31.4 Å². The fourth-order valence-electron chi connectivity index (χ4n) is 4.28. The second-order valence-electron chi connectivity index (χ2n) is 8.27. The van der Waals surface area contributed by atoms with Gasteiger partial charge < -0.3 is 15.2 Å². The molecule has 0 radical (unpaired) electrons. The van der Waals surface area contributed by atoms with Crippen molar-refractivity contribution in [3.8, 4) is 17.2 Å². The van der Waals surface area contributed by atoms with E-state index in [1.165, 1.54) is 0 Å². The molecular formula is C22H29N7O2. The molecule has 3 aromatic rings. The average molecular weight is 424 g/mol. The summed E-state index contributed by atoms with van der Waals surface area (Å²) >= 11 is 0. The molecule has 1 atom stereocenters. The highest BCUT2D eigenvalue weighted by Crippen LogP contribution is 2.37. The van der Waals surface area contributed by atoms with Gasteiger partial charge in [-0.2, -0.15) is 10.4 Å². The Morgan fingerprint density at radius 2 is 2.13 bits per heavy atom. The number of methoxy groups -OCH3 is 1. The number of anilines is 1. The number of aryl methyl sites for hydroxylation is 1. The van der Waals surface area contributed by atoms with E-state index in [1.807, 2.05) is 30.0 Å². The van der Waals surface area contributed by atoms with Crippen molar-refractivity contribution >= 4 is 11.5 Å². The van der Waals surface area contributed by atoms with E-state index in [1.54, 1.807) is 11.8 Å². The summed E-state index contributed by atoms with van der Waals surface area (Å²) in [5, 5.41) is 31.3. The van der Waals surface area contributed by atoms with Crippen LogP contribution in [0.1, 0.15) is 50.6 Å². The Bertz CT molecular complexity index is 1060. The quantitative estimate of drug-likeness (QED) is 0.572. The lowest BCUT2D eigenvalue weighted by atomic mass is 9.85. The van der Waals surface area contributed by atoms with Gasteiger partial charge in [0, 0.05) is 42.1 Å². The normalized spacial score (nSPS) is 19.9. The Balaban J connectivity index is 1.72. The largest absolute Gasteiger partial charge is 0.393 e. The SMILES string of the molecule is COC[C@H](C)Nc1ncc2c(-c3cnn(CCC#N)c3)cc(C3CCC(O)CC3)n2n1. The lowest BCUT2D eigenvalue weighted by molar-refractivity contribution is 0.121. The van der Waals surface area contributed by atoms with Crippen molar-refractivity contribution in [2.24, 2.45) is 0 Å². The molecule has 3 heterocycles. The number of rotatable bonds is 8. The Hall–Kier alpha value is -2.96. The monoisotopic (exact) mass is 423 g/mol. The molecule has 0 bridgehead atoms. The molecular weight excluding hydrogens is 394 g/mol. The summed E-state index contributed by atoms with van der Waals surface area (Å²) in [6, 6.07) is 4.42. The smallest absolute Gasteiger partial charge is 0.241 e. The fraction of sp³-hybridized carbons (Fsp3) is 0.545. The first-order valence-electron chi connectivity index (χ1n) is 10.8. The van der Waals surface area contributed by atoms with Gasteiger partial charge in [-0.25, -0.2) is 9.50 Å². The zero-order valence-corrected chi connectivity index (χ0v) is 18.0. The van der Waals surface area contributed by atoms with E-state index in [-0.39, 0.29) is 12.1 Å². The zero-order chi connectivity index (χ0) is 21.8. The summed E-state index contributed by atoms with van der Waals surface area (Å²) < 4.78 is 8.99.